The molecule has 1 heterocycles. The summed E-state index contributed by atoms with van der Waals surface area (Å²) in [6.45, 7) is 1.88. The Morgan fingerprint density at radius 3 is 2.49 bits per heavy atom. The molecule has 9 nitrogen and oxygen atoms in total. The Labute approximate surface area is 227 Å². The minimum Gasteiger partial charge on any atom is -0.497 e. The lowest BCUT2D eigenvalue weighted by molar-refractivity contribution is -0.127. The van der Waals surface area contributed by atoms with Crippen molar-refractivity contribution in [3.8, 4) is 11.5 Å². The zero-order chi connectivity index (χ0) is 27.4. The van der Waals surface area contributed by atoms with Gasteiger partial charge in [-0.25, -0.2) is 4.68 Å². The van der Waals surface area contributed by atoms with Gasteiger partial charge in [-0.3, -0.25) is 14.5 Å². The molecule has 0 bridgehead atoms. The van der Waals surface area contributed by atoms with E-state index in [4.69, 9.17) is 9.47 Å². The highest BCUT2D eigenvalue weighted by Crippen LogP contribution is 2.37. The summed E-state index contributed by atoms with van der Waals surface area (Å²) < 4.78 is 12.8. The van der Waals surface area contributed by atoms with Gasteiger partial charge in [-0.1, -0.05) is 47.9 Å². The third-order valence-electron chi connectivity index (χ3n) is 7.23. The van der Waals surface area contributed by atoms with Gasteiger partial charge < -0.3 is 14.8 Å². The fourth-order valence-corrected chi connectivity index (χ4v) is 5.18. The maximum Gasteiger partial charge on any atom is 0.249 e. The molecule has 1 saturated carbocycles. The number of carbonyl (C=O) groups excluding carboxylic acids is 2. The van der Waals surface area contributed by atoms with E-state index in [0.717, 1.165) is 36.8 Å². The quantitative estimate of drug-likeness (QED) is 0.342. The first-order valence-electron chi connectivity index (χ1n) is 13.2. The second-order valence-electron chi connectivity index (χ2n) is 9.84. The van der Waals surface area contributed by atoms with Crippen molar-refractivity contribution >= 4 is 28.5 Å². The lowest BCUT2D eigenvalue weighted by atomic mass is 10.00. The summed E-state index contributed by atoms with van der Waals surface area (Å²) in [5.41, 5.74) is 3.59. The molecule has 1 aliphatic carbocycles. The number of carbonyl (C=O) groups is 2. The molecule has 1 aromatic heterocycles. The third-order valence-corrected chi connectivity index (χ3v) is 7.23. The molecule has 39 heavy (non-hydrogen) atoms. The number of aromatic nitrogens is 3. The van der Waals surface area contributed by atoms with Gasteiger partial charge in [-0.15, -0.1) is 5.10 Å². The van der Waals surface area contributed by atoms with Crippen LogP contribution in [0.3, 0.4) is 0 Å². The highest BCUT2D eigenvalue weighted by atomic mass is 16.5. The van der Waals surface area contributed by atoms with Crippen LogP contribution in [0.2, 0.25) is 0 Å². The number of hydrogen-bond acceptors (Lipinski definition) is 6. The molecule has 0 spiro atoms. The minimum atomic E-state index is -1.01. The number of anilines is 1. The average molecular weight is 528 g/mol. The average Bonchev–Trinajstić information content (AvgIpc) is 3.62. The third kappa shape index (κ3) is 5.57. The van der Waals surface area contributed by atoms with Crippen LogP contribution in [0, 0.1) is 6.92 Å². The number of aryl methyl sites for hydroxylation is 1. The van der Waals surface area contributed by atoms with E-state index in [1.54, 1.807) is 37.1 Å². The van der Waals surface area contributed by atoms with Gasteiger partial charge >= 0.3 is 0 Å². The van der Waals surface area contributed by atoms with E-state index < -0.39 is 6.04 Å². The van der Waals surface area contributed by atoms with Crippen molar-refractivity contribution < 1.29 is 19.1 Å². The maximum absolute atomic E-state index is 14.2. The van der Waals surface area contributed by atoms with Crippen molar-refractivity contribution in [2.75, 3.05) is 19.1 Å². The summed E-state index contributed by atoms with van der Waals surface area (Å²) in [4.78, 5) is 29.9. The molecule has 4 aromatic rings. The molecule has 0 saturated heterocycles. The van der Waals surface area contributed by atoms with Crippen LogP contribution in [0.1, 0.15) is 42.9 Å². The Morgan fingerprint density at radius 1 is 1.03 bits per heavy atom. The first kappa shape index (κ1) is 26.2. The van der Waals surface area contributed by atoms with E-state index in [2.05, 4.69) is 15.6 Å². The van der Waals surface area contributed by atoms with Gasteiger partial charge in [0.2, 0.25) is 11.8 Å². The monoisotopic (exact) mass is 527 g/mol. The first-order chi connectivity index (χ1) is 19.0. The van der Waals surface area contributed by atoms with Crippen LogP contribution in [0.15, 0.2) is 66.7 Å². The van der Waals surface area contributed by atoms with Gasteiger partial charge in [-0.2, -0.15) is 0 Å². The standard InChI is InChI=1S/C30H33N5O4/c1-20-12-14-22(15-13-20)35(28(36)19-34-26-11-7-6-10-25(26)32-33-34)29(30(37)31-21-8-4-5-9-21)24-18-23(38-2)16-17-27(24)39-3/h6-7,10-18,21,29H,4-5,8-9,19H2,1-3H3,(H,31,37)/t29-/m0/s1. The molecule has 0 unspecified atom stereocenters. The van der Waals surface area contributed by atoms with Gasteiger partial charge in [0.15, 0.2) is 0 Å². The van der Waals surface area contributed by atoms with Gasteiger partial charge in [0, 0.05) is 17.3 Å². The van der Waals surface area contributed by atoms with Crippen LogP contribution in [0.4, 0.5) is 5.69 Å². The molecule has 3 aromatic carbocycles. The summed E-state index contributed by atoms with van der Waals surface area (Å²) in [5.74, 6) is 0.457. The Balaban J connectivity index is 1.63. The number of rotatable bonds is 9. The molecule has 9 heteroatoms. The second-order valence-corrected chi connectivity index (χ2v) is 9.84. The number of amides is 2. The molecule has 0 aliphatic heterocycles. The van der Waals surface area contributed by atoms with Crippen molar-refractivity contribution in [3.05, 3.63) is 77.9 Å². The van der Waals surface area contributed by atoms with Crippen LogP contribution in [-0.2, 0) is 16.1 Å². The van der Waals surface area contributed by atoms with E-state index in [1.165, 1.54) is 4.90 Å². The lowest BCUT2D eigenvalue weighted by Crippen LogP contribution is -2.47. The van der Waals surface area contributed by atoms with Crippen LogP contribution >= 0.6 is 0 Å². The van der Waals surface area contributed by atoms with Crippen molar-refractivity contribution in [1.82, 2.24) is 20.3 Å². The van der Waals surface area contributed by atoms with Crippen molar-refractivity contribution in [1.29, 1.82) is 0 Å². The fraction of sp³-hybridized carbons (Fsp3) is 0.333. The van der Waals surface area contributed by atoms with Crippen LogP contribution in [-0.4, -0.2) is 47.1 Å². The largest absolute Gasteiger partial charge is 0.497 e. The summed E-state index contributed by atoms with van der Waals surface area (Å²) in [7, 11) is 3.12. The number of methoxy groups -OCH3 is 2. The van der Waals surface area contributed by atoms with Crippen molar-refractivity contribution in [2.45, 2.75) is 51.2 Å². The van der Waals surface area contributed by atoms with Crippen LogP contribution in [0.25, 0.3) is 11.0 Å². The number of ether oxygens (including phenoxy) is 2. The number of hydrogen-bond donors (Lipinski definition) is 1. The predicted molar refractivity (Wildman–Crippen MR) is 149 cm³/mol. The summed E-state index contributed by atoms with van der Waals surface area (Å²) in [6.07, 6.45) is 3.96. The van der Waals surface area contributed by atoms with E-state index in [1.807, 2.05) is 55.5 Å². The molecule has 202 valence electrons. The van der Waals surface area contributed by atoms with Gasteiger partial charge in [0.25, 0.3) is 0 Å². The smallest absolute Gasteiger partial charge is 0.249 e. The molecule has 1 atom stereocenters. The van der Waals surface area contributed by atoms with Crippen LogP contribution < -0.4 is 19.7 Å². The molecule has 1 fully saturated rings. The first-order valence-corrected chi connectivity index (χ1v) is 13.2. The Bertz CT molecular complexity index is 1460. The van der Waals surface area contributed by atoms with Gasteiger partial charge in [0.05, 0.1) is 19.7 Å². The number of para-hydroxylation sites is 1. The SMILES string of the molecule is COc1ccc(OC)c([C@@H](C(=O)NC2CCCC2)N(C(=O)Cn2nnc3ccccc32)c2ccc(C)cc2)c1. The van der Waals surface area contributed by atoms with Crippen LogP contribution in [0.5, 0.6) is 11.5 Å². The highest BCUT2D eigenvalue weighted by molar-refractivity contribution is 6.02. The van der Waals surface area contributed by atoms with Crippen molar-refractivity contribution in [2.24, 2.45) is 0 Å². The van der Waals surface area contributed by atoms with E-state index in [9.17, 15) is 9.59 Å². The van der Waals surface area contributed by atoms with Gasteiger partial charge in [0.1, 0.15) is 29.6 Å². The van der Waals surface area contributed by atoms with Gasteiger partial charge in [-0.05, 0) is 62.2 Å². The minimum absolute atomic E-state index is 0.0610. The zero-order valence-corrected chi connectivity index (χ0v) is 22.5. The molecular weight excluding hydrogens is 494 g/mol. The Hall–Kier alpha value is -4.40. The number of nitrogens with zero attached hydrogens (tertiary/aromatic N) is 4. The van der Waals surface area contributed by atoms with E-state index in [0.29, 0.717) is 28.3 Å². The molecule has 5 rings (SSSR count). The Kier molecular flexibility index (Phi) is 7.76. The number of fused-ring (bicyclic) bond motifs is 1. The maximum atomic E-state index is 14.2. The zero-order valence-electron chi connectivity index (χ0n) is 22.5. The lowest BCUT2D eigenvalue weighted by Gasteiger charge is -2.33. The molecule has 1 N–H and O–H groups in total. The topological polar surface area (TPSA) is 98.6 Å². The highest BCUT2D eigenvalue weighted by Gasteiger charge is 2.36. The summed E-state index contributed by atoms with van der Waals surface area (Å²) >= 11 is 0. The summed E-state index contributed by atoms with van der Waals surface area (Å²) in [5, 5.41) is 11.6. The fourth-order valence-electron chi connectivity index (χ4n) is 5.18. The summed E-state index contributed by atoms with van der Waals surface area (Å²) in [6, 6.07) is 19.4. The molecular formula is C30H33N5O4. The normalized spacial score (nSPS) is 14.2. The van der Waals surface area contributed by atoms with Crippen molar-refractivity contribution in [3.63, 3.8) is 0 Å². The number of nitrogens with one attached hydrogen (secondary N) is 1. The Morgan fingerprint density at radius 2 is 1.77 bits per heavy atom. The second kappa shape index (κ2) is 11.6. The molecule has 2 amide bonds. The predicted octanol–water partition coefficient (Wildman–Crippen LogP) is 4.59. The number of benzene rings is 3. The molecule has 0 radical (unpaired) electrons. The van der Waals surface area contributed by atoms with E-state index in [-0.39, 0.29) is 24.4 Å². The van der Waals surface area contributed by atoms with E-state index >= 15 is 0 Å². The molecule has 1 aliphatic rings.